The summed E-state index contributed by atoms with van der Waals surface area (Å²) < 4.78 is 0. The van der Waals surface area contributed by atoms with Crippen molar-refractivity contribution in [1.82, 2.24) is 4.90 Å². The third-order valence-corrected chi connectivity index (χ3v) is 5.71. The monoisotopic (exact) mass is 357 g/mol. The number of hydrogen-bond donors (Lipinski definition) is 0. The second-order valence-electron chi connectivity index (χ2n) is 7.54. The van der Waals surface area contributed by atoms with Crippen molar-refractivity contribution >= 4 is 11.5 Å². The summed E-state index contributed by atoms with van der Waals surface area (Å²) in [7, 11) is 0. The molecule has 2 aromatic carbocycles. The molecule has 0 unspecified atom stereocenters. The highest BCUT2D eigenvalue weighted by molar-refractivity contribution is 5.89. The number of nitrogens with zero attached hydrogens (tertiary/aromatic N) is 1. The number of carbonyl (C=O) groups is 1. The Balaban J connectivity index is 1.63. The molecule has 0 spiro atoms. The Kier molecular flexibility index (Phi) is 5.53. The molecule has 4 rings (SSSR count). The van der Waals surface area contributed by atoms with E-state index in [2.05, 4.69) is 60.7 Å². The van der Waals surface area contributed by atoms with E-state index in [-0.39, 0.29) is 5.91 Å². The van der Waals surface area contributed by atoms with Crippen LogP contribution in [0.25, 0.3) is 5.57 Å². The summed E-state index contributed by atoms with van der Waals surface area (Å²) in [6, 6.07) is 19.3. The number of hydrogen-bond acceptors (Lipinski definition) is 1. The van der Waals surface area contributed by atoms with Crippen molar-refractivity contribution in [3.63, 3.8) is 0 Å². The van der Waals surface area contributed by atoms with Gasteiger partial charge in [0.05, 0.1) is 0 Å². The number of piperidine rings is 1. The van der Waals surface area contributed by atoms with E-state index < -0.39 is 0 Å². The maximum atomic E-state index is 12.6. The van der Waals surface area contributed by atoms with Crippen LogP contribution in [0, 0.1) is 0 Å². The molecule has 2 aliphatic rings. The van der Waals surface area contributed by atoms with Gasteiger partial charge in [-0.25, -0.2) is 0 Å². The predicted molar refractivity (Wildman–Crippen MR) is 111 cm³/mol. The Morgan fingerprint density at radius 1 is 0.889 bits per heavy atom. The standard InChI is InChI=1S/C25H27NO/c27-25(26-17-7-2-8-18-26)16-15-22-14-13-21-11-5-6-12-23(21)24(22)19-20-9-3-1-4-10-20/h1,3-6,9-12,15-16H,2,7-8,13-14,17-19H2/b16-15+. The van der Waals surface area contributed by atoms with Crippen molar-refractivity contribution in [2.45, 2.75) is 38.5 Å². The van der Waals surface area contributed by atoms with E-state index in [1.807, 2.05) is 4.90 Å². The van der Waals surface area contributed by atoms with Crippen LogP contribution in [0.3, 0.4) is 0 Å². The molecule has 0 bridgehead atoms. The van der Waals surface area contributed by atoms with E-state index in [1.165, 1.54) is 34.3 Å². The van der Waals surface area contributed by atoms with Crippen LogP contribution in [0.5, 0.6) is 0 Å². The fraction of sp³-hybridized carbons (Fsp3) is 0.320. The first-order valence-electron chi connectivity index (χ1n) is 10.1. The lowest BCUT2D eigenvalue weighted by molar-refractivity contribution is -0.126. The van der Waals surface area contributed by atoms with E-state index in [1.54, 1.807) is 6.08 Å². The lowest BCUT2D eigenvalue weighted by Crippen LogP contribution is -2.34. The predicted octanol–water partition coefficient (Wildman–Crippen LogP) is 5.20. The van der Waals surface area contributed by atoms with Gasteiger partial charge < -0.3 is 4.90 Å². The van der Waals surface area contributed by atoms with Crippen LogP contribution in [-0.4, -0.2) is 23.9 Å². The van der Waals surface area contributed by atoms with Crippen LogP contribution in [-0.2, 0) is 17.6 Å². The molecule has 1 saturated heterocycles. The Morgan fingerprint density at radius 2 is 1.63 bits per heavy atom. The zero-order chi connectivity index (χ0) is 18.5. The van der Waals surface area contributed by atoms with Gasteiger partial charge in [-0.05, 0) is 66.4 Å². The van der Waals surface area contributed by atoms with Crippen LogP contribution in [0.15, 0.2) is 72.3 Å². The van der Waals surface area contributed by atoms with Crippen molar-refractivity contribution in [3.8, 4) is 0 Å². The molecule has 0 aromatic heterocycles. The molecule has 0 N–H and O–H groups in total. The average Bonchev–Trinajstić information content (AvgIpc) is 2.74. The fourth-order valence-electron chi connectivity index (χ4n) is 4.21. The van der Waals surface area contributed by atoms with E-state index >= 15 is 0 Å². The Labute approximate surface area is 162 Å². The lowest BCUT2D eigenvalue weighted by atomic mass is 9.82. The molecule has 1 aliphatic heterocycles. The van der Waals surface area contributed by atoms with Crippen molar-refractivity contribution in [2.24, 2.45) is 0 Å². The minimum atomic E-state index is 0.167. The van der Waals surface area contributed by atoms with Gasteiger partial charge in [-0.3, -0.25) is 4.79 Å². The van der Waals surface area contributed by atoms with Gasteiger partial charge >= 0.3 is 0 Å². The average molecular weight is 357 g/mol. The van der Waals surface area contributed by atoms with Gasteiger partial charge in [0.2, 0.25) is 5.91 Å². The smallest absolute Gasteiger partial charge is 0.246 e. The van der Waals surface area contributed by atoms with Gasteiger partial charge in [-0.2, -0.15) is 0 Å². The minimum Gasteiger partial charge on any atom is -0.339 e. The molecule has 1 heterocycles. The molecule has 0 atom stereocenters. The number of likely N-dealkylation sites (tertiary alicyclic amines) is 1. The first-order chi connectivity index (χ1) is 13.3. The third-order valence-electron chi connectivity index (χ3n) is 5.71. The van der Waals surface area contributed by atoms with Gasteiger partial charge in [0.1, 0.15) is 0 Å². The summed E-state index contributed by atoms with van der Waals surface area (Å²) in [4.78, 5) is 14.6. The van der Waals surface area contributed by atoms with Crippen LogP contribution >= 0.6 is 0 Å². The zero-order valence-electron chi connectivity index (χ0n) is 15.9. The number of fused-ring (bicyclic) bond motifs is 1. The molecule has 2 heteroatoms. The topological polar surface area (TPSA) is 20.3 Å². The maximum absolute atomic E-state index is 12.6. The first kappa shape index (κ1) is 17.8. The summed E-state index contributed by atoms with van der Waals surface area (Å²) in [6.07, 6.45) is 10.4. The molecule has 2 aromatic rings. The third kappa shape index (κ3) is 4.21. The lowest BCUT2D eigenvalue weighted by Gasteiger charge is -2.26. The summed E-state index contributed by atoms with van der Waals surface area (Å²) in [6.45, 7) is 1.81. The van der Waals surface area contributed by atoms with Gasteiger partial charge in [0.15, 0.2) is 0 Å². The van der Waals surface area contributed by atoms with Gasteiger partial charge in [0, 0.05) is 19.2 Å². The largest absolute Gasteiger partial charge is 0.339 e. The number of aryl methyl sites for hydroxylation is 1. The van der Waals surface area contributed by atoms with Crippen molar-refractivity contribution in [3.05, 3.63) is 89.0 Å². The molecule has 1 fully saturated rings. The molecule has 0 saturated carbocycles. The fourth-order valence-corrected chi connectivity index (χ4v) is 4.21. The summed E-state index contributed by atoms with van der Waals surface area (Å²) in [5.41, 5.74) is 6.76. The maximum Gasteiger partial charge on any atom is 0.246 e. The van der Waals surface area contributed by atoms with Crippen LogP contribution in [0.1, 0.15) is 42.4 Å². The van der Waals surface area contributed by atoms with E-state index in [9.17, 15) is 4.79 Å². The van der Waals surface area contributed by atoms with E-state index in [0.29, 0.717) is 0 Å². The van der Waals surface area contributed by atoms with E-state index in [4.69, 9.17) is 0 Å². The number of benzene rings is 2. The molecular weight excluding hydrogens is 330 g/mol. The van der Waals surface area contributed by atoms with Gasteiger partial charge in [-0.15, -0.1) is 0 Å². The molecule has 2 nitrogen and oxygen atoms in total. The molecule has 0 radical (unpaired) electrons. The molecule has 1 aliphatic carbocycles. The molecular formula is C25H27NO. The van der Waals surface area contributed by atoms with Crippen molar-refractivity contribution < 1.29 is 4.79 Å². The number of amides is 1. The Hall–Kier alpha value is -2.61. The van der Waals surface area contributed by atoms with Crippen LogP contribution in [0.4, 0.5) is 0 Å². The highest BCUT2D eigenvalue weighted by Crippen LogP contribution is 2.34. The van der Waals surface area contributed by atoms with Crippen molar-refractivity contribution in [2.75, 3.05) is 13.1 Å². The summed E-state index contributed by atoms with van der Waals surface area (Å²) >= 11 is 0. The normalized spacial score (nSPS) is 17.3. The molecule has 138 valence electrons. The number of allylic oxidation sites excluding steroid dienone is 3. The number of carbonyl (C=O) groups excluding carboxylic acids is 1. The molecule has 1 amide bonds. The molecule has 27 heavy (non-hydrogen) atoms. The first-order valence-corrected chi connectivity index (χ1v) is 10.1. The second kappa shape index (κ2) is 8.39. The number of rotatable bonds is 4. The quantitative estimate of drug-likeness (QED) is 0.689. The summed E-state index contributed by atoms with van der Waals surface area (Å²) in [5.74, 6) is 0.167. The zero-order valence-corrected chi connectivity index (χ0v) is 15.9. The van der Waals surface area contributed by atoms with Crippen LogP contribution < -0.4 is 0 Å². The van der Waals surface area contributed by atoms with Crippen LogP contribution in [0.2, 0.25) is 0 Å². The minimum absolute atomic E-state index is 0.167. The Bertz CT molecular complexity index is 857. The van der Waals surface area contributed by atoms with Crippen molar-refractivity contribution in [1.29, 1.82) is 0 Å². The highest BCUT2D eigenvalue weighted by Gasteiger charge is 2.19. The highest BCUT2D eigenvalue weighted by atomic mass is 16.2. The van der Waals surface area contributed by atoms with Gasteiger partial charge in [-0.1, -0.05) is 60.7 Å². The van der Waals surface area contributed by atoms with E-state index in [0.717, 1.165) is 45.2 Å². The Morgan fingerprint density at radius 3 is 2.44 bits per heavy atom. The second-order valence-corrected chi connectivity index (χ2v) is 7.54. The van der Waals surface area contributed by atoms with Gasteiger partial charge in [0.25, 0.3) is 0 Å². The summed E-state index contributed by atoms with van der Waals surface area (Å²) in [5, 5.41) is 0. The SMILES string of the molecule is O=C(/C=C/C1=C(Cc2ccccc2)c2ccccc2CC1)N1CCCCC1.